The molecule has 110 valence electrons. The lowest BCUT2D eigenvalue weighted by Gasteiger charge is -2.15. The van der Waals surface area contributed by atoms with E-state index in [2.05, 4.69) is 5.92 Å². The van der Waals surface area contributed by atoms with Gasteiger partial charge in [0.15, 0.2) is 0 Å². The molecule has 0 atom stereocenters. The molecule has 0 fully saturated rings. The zero-order valence-electron chi connectivity index (χ0n) is 11.8. The summed E-state index contributed by atoms with van der Waals surface area (Å²) in [6, 6.07) is 7.20. The van der Waals surface area contributed by atoms with Gasteiger partial charge in [0.05, 0.1) is 13.2 Å². The van der Waals surface area contributed by atoms with Crippen LogP contribution in [0.5, 0.6) is 5.75 Å². The highest BCUT2D eigenvalue weighted by atomic mass is 16.5. The van der Waals surface area contributed by atoms with Crippen LogP contribution in [-0.2, 0) is 9.59 Å². The van der Waals surface area contributed by atoms with Crippen LogP contribution in [0.2, 0.25) is 0 Å². The summed E-state index contributed by atoms with van der Waals surface area (Å²) in [5.41, 5.74) is 0.808. The van der Waals surface area contributed by atoms with E-state index in [0.717, 1.165) is 16.2 Å². The molecule has 0 aromatic heterocycles. The molecule has 1 aromatic carbocycles. The van der Waals surface area contributed by atoms with Crippen LogP contribution in [0, 0.1) is 12.3 Å². The Morgan fingerprint density at radius 1 is 1.38 bits per heavy atom. The third-order valence-electron chi connectivity index (χ3n) is 2.53. The van der Waals surface area contributed by atoms with Crippen LogP contribution in [0.1, 0.15) is 12.5 Å². The number of nitrogens with zero attached hydrogens (tertiary/aromatic N) is 1. The van der Waals surface area contributed by atoms with Crippen LogP contribution in [0.25, 0.3) is 6.08 Å². The number of carboxylic acids is 1. The highest BCUT2D eigenvalue weighted by Gasteiger charge is 2.12. The molecular weight excluding hydrogens is 270 g/mol. The Balaban J connectivity index is 2.70. The van der Waals surface area contributed by atoms with E-state index in [1.54, 1.807) is 30.3 Å². The number of carbonyl (C=O) groups excluding carboxylic acids is 1. The summed E-state index contributed by atoms with van der Waals surface area (Å²) in [6.07, 6.45) is 8.02. The first-order chi connectivity index (χ1) is 10.1. The maximum Gasteiger partial charge on any atom is 0.323 e. The molecule has 0 spiro atoms. The molecule has 0 aliphatic carbocycles. The van der Waals surface area contributed by atoms with Crippen molar-refractivity contribution < 1.29 is 19.4 Å². The lowest BCUT2D eigenvalue weighted by Crippen LogP contribution is -2.34. The van der Waals surface area contributed by atoms with Crippen LogP contribution < -0.4 is 4.74 Å². The van der Waals surface area contributed by atoms with Gasteiger partial charge in [0.25, 0.3) is 0 Å². The minimum Gasteiger partial charge on any atom is -0.494 e. The zero-order valence-corrected chi connectivity index (χ0v) is 11.8. The fourth-order valence-electron chi connectivity index (χ4n) is 1.60. The van der Waals surface area contributed by atoms with Gasteiger partial charge in [0.1, 0.15) is 12.3 Å². The maximum absolute atomic E-state index is 11.9. The van der Waals surface area contributed by atoms with E-state index < -0.39 is 18.4 Å². The molecule has 0 heterocycles. The Bertz CT molecular complexity index is 555. The van der Waals surface area contributed by atoms with Gasteiger partial charge in [-0.25, -0.2) is 0 Å². The van der Waals surface area contributed by atoms with Crippen molar-refractivity contribution in [2.75, 3.05) is 19.7 Å². The lowest BCUT2D eigenvalue weighted by molar-refractivity contribution is -0.142. The summed E-state index contributed by atoms with van der Waals surface area (Å²) in [6.45, 7) is 2.02. The minimum atomic E-state index is -1.10. The van der Waals surface area contributed by atoms with Gasteiger partial charge >= 0.3 is 5.97 Å². The number of amides is 1. The van der Waals surface area contributed by atoms with Gasteiger partial charge < -0.3 is 14.7 Å². The van der Waals surface area contributed by atoms with E-state index in [0.29, 0.717) is 6.61 Å². The molecule has 1 N–H and O–H groups in total. The second-order valence-corrected chi connectivity index (χ2v) is 4.13. The topological polar surface area (TPSA) is 66.8 Å². The number of rotatable bonds is 7. The fraction of sp³-hybridized carbons (Fsp3) is 0.250. The van der Waals surface area contributed by atoms with Crippen molar-refractivity contribution in [2.45, 2.75) is 6.92 Å². The molecule has 0 radical (unpaired) electrons. The van der Waals surface area contributed by atoms with Crippen molar-refractivity contribution in [3.63, 3.8) is 0 Å². The van der Waals surface area contributed by atoms with Crippen molar-refractivity contribution in [2.24, 2.45) is 0 Å². The molecule has 21 heavy (non-hydrogen) atoms. The van der Waals surface area contributed by atoms with Crippen LogP contribution in [0.3, 0.4) is 0 Å². The third kappa shape index (κ3) is 5.83. The predicted octanol–water partition coefficient (Wildman–Crippen LogP) is 1.64. The fourth-order valence-corrected chi connectivity index (χ4v) is 1.60. The van der Waals surface area contributed by atoms with E-state index in [4.69, 9.17) is 16.3 Å². The molecule has 0 unspecified atom stereocenters. The van der Waals surface area contributed by atoms with E-state index in [1.165, 1.54) is 6.08 Å². The molecular formula is C16H17NO4. The molecule has 5 heteroatoms. The molecule has 1 rings (SSSR count). The number of carboxylic acid groups (broad SMARTS) is 1. The van der Waals surface area contributed by atoms with Crippen molar-refractivity contribution in [1.82, 2.24) is 4.90 Å². The number of hydrogen-bond acceptors (Lipinski definition) is 3. The zero-order chi connectivity index (χ0) is 15.7. The summed E-state index contributed by atoms with van der Waals surface area (Å²) in [4.78, 5) is 23.6. The average Bonchev–Trinajstić information content (AvgIpc) is 2.45. The number of carbonyl (C=O) groups is 2. The van der Waals surface area contributed by atoms with Gasteiger partial charge in [-0.1, -0.05) is 18.1 Å². The van der Waals surface area contributed by atoms with Crippen molar-refractivity contribution in [3.8, 4) is 18.1 Å². The number of terminal acetylenes is 1. The Labute approximate surface area is 123 Å². The van der Waals surface area contributed by atoms with Crippen LogP contribution in [-0.4, -0.2) is 41.6 Å². The van der Waals surface area contributed by atoms with Gasteiger partial charge in [-0.3, -0.25) is 9.59 Å². The summed E-state index contributed by atoms with van der Waals surface area (Å²) in [7, 11) is 0. The van der Waals surface area contributed by atoms with Crippen LogP contribution in [0.15, 0.2) is 30.3 Å². The highest BCUT2D eigenvalue weighted by Crippen LogP contribution is 2.13. The Morgan fingerprint density at radius 2 is 2.05 bits per heavy atom. The van der Waals surface area contributed by atoms with E-state index in [1.807, 2.05) is 6.92 Å². The molecule has 0 aliphatic heterocycles. The van der Waals surface area contributed by atoms with Crippen molar-refractivity contribution >= 4 is 18.0 Å². The van der Waals surface area contributed by atoms with Crippen molar-refractivity contribution in [3.05, 3.63) is 35.9 Å². The van der Waals surface area contributed by atoms with E-state index >= 15 is 0 Å². The van der Waals surface area contributed by atoms with E-state index in [-0.39, 0.29) is 6.54 Å². The van der Waals surface area contributed by atoms with Gasteiger partial charge in [-0.15, -0.1) is 6.42 Å². The van der Waals surface area contributed by atoms with Crippen LogP contribution >= 0.6 is 0 Å². The first kappa shape index (κ1) is 16.3. The van der Waals surface area contributed by atoms with Gasteiger partial charge in [0.2, 0.25) is 5.91 Å². The smallest absolute Gasteiger partial charge is 0.323 e. The second-order valence-electron chi connectivity index (χ2n) is 4.13. The summed E-state index contributed by atoms with van der Waals surface area (Å²) in [5.74, 6) is 1.47. The molecule has 0 bridgehead atoms. The molecule has 0 saturated carbocycles. The maximum atomic E-state index is 11.9. The predicted molar refractivity (Wildman–Crippen MR) is 79.7 cm³/mol. The minimum absolute atomic E-state index is 0.0429. The number of hydrogen-bond donors (Lipinski definition) is 1. The molecule has 1 aromatic rings. The van der Waals surface area contributed by atoms with Gasteiger partial charge in [-0.05, 0) is 30.7 Å². The molecule has 1 amide bonds. The highest BCUT2D eigenvalue weighted by molar-refractivity contribution is 5.93. The Kier molecular flexibility index (Phi) is 6.55. The molecule has 5 nitrogen and oxygen atoms in total. The Hall–Kier alpha value is -2.74. The normalized spacial score (nSPS) is 10.1. The summed E-state index contributed by atoms with van der Waals surface area (Å²) in [5, 5.41) is 8.73. The molecule has 0 saturated heterocycles. The summed E-state index contributed by atoms with van der Waals surface area (Å²) >= 11 is 0. The van der Waals surface area contributed by atoms with Crippen LogP contribution in [0.4, 0.5) is 0 Å². The molecule has 0 aliphatic rings. The third-order valence-corrected chi connectivity index (χ3v) is 2.53. The SMILES string of the molecule is C#CCN(CC(=O)O)C(=O)C=Cc1ccc(OCC)cc1. The standard InChI is InChI=1S/C16H17NO4/c1-3-11-17(12-16(19)20)15(18)10-7-13-5-8-14(9-6-13)21-4-2/h1,5-10H,4,11-12H2,2H3,(H,19,20). The lowest BCUT2D eigenvalue weighted by atomic mass is 10.2. The van der Waals surface area contributed by atoms with Gasteiger partial charge in [-0.2, -0.15) is 0 Å². The quantitative estimate of drug-likeness (QED) is 0.611. The summed E-state index contributed by atoms with van der Waals surface area (Å²) < 4.78 is 5.31. The first-order valence-corrected chi connectivity index (χ1v) is 6.42. The number of aliphatic carboxylic acids is 1. The monoisotopic (exact) mass is 287 g/mol. The largest absolute Gasteiger partial charge is 0.494 e. The number of ether oxygens (including phenoxy) is 1. The van der Waals surface area contributed by atoms with E-state index in [9.17, 15) is 9.59 Å². The second kappa shape index (κ2) is 8.43. The first-order valence-electron chi connectivity index (χ1n) is 6.42. The average molecular weight is 287 g/mol. The number of benzene rings is 1. The Morgan fingerprint density at radius 3 is 2.57 bits per heavy atom. The van der Waals surface area contributed by atoms with Crippen molar-refractivity contribution in [1.29, 1.82) is 0 Å². The van der Waals surface area contributed by atoms with Gasteiger partial charge in [0, 0.05) is 6.08 Å².